The van der Waals surface area contributed by atoms with Crippen molar-refractivity contribution in [2.24, 2.45) is 5.92 Å². The third-order valence-corrected chi connectivity index (χ3v) is 3.90. The molecule has 20 heavy (non-hydrogen) atoms. The van der Waals surface area contributed by atoms with Gasteiger partial charge in [-0.1, -0.05) is 25.3 Å². The Hall–Kier alpha value is -1.71. The molecule has 2 amide bonds. The fourth-order valence-electron chi connectivity index (χ4n) is 2.67. The number of benzene rings is 1. The van der Waals surface area contributed by atoms with Gasteiger partial charge in [-0.25, -0.2) is 4.79 Å². The predicted molar refractivity (Wildman–Crippen MR) is 84.4 cm³/mol. The normalized spacial score (nSPS) is 15.7. The highest BCUT2D eigenvalue weighted by molar-refractivity contribution is 5.89. The lowest BCUT2D eigenvalue weighted by Gasteiger charge is -2.21. The molecule has 0 saturated heterocycles. The van der Waals surface area contributed by atoms with Crippen molar-refractivity contribution in [2.45, 2.75) is 32.1 Å². The van der Waals surface area contributed by atoms with Crippen molar-refractivity contribution in [3.05, 3.63) is 24.3 Å². The highest BCUT2D eigenvalue weighted by atomic mass is 16.2. The Morgan fingerprint density at radius 1 is 1.25 bits per heavy atom. The van der Waals surface area contributed by atoms with Gasteiger partial charge in [-0.15, -0.1) is 0 Å². The molecule has 1 aromatic carbocycles. The summed E-state index contributed by atoms with van der Waals surface area (Å²) in [5.74, 6) is 0.655. The smallest absolute Gasteiger partial charge is 0.319 e. The van der Waals surface area contributed by atoms with Crippen LogP contribution in [-0.4, -0.2) is 26.7 Å². The number of anilines is 2. The lowest BCUT2D eigenvalue weighted by atomic mass is 9.89. The van der Waals surface area contributed by atoms with E-state index in [4.69, 9.17) is 0 Å². The fraction of sp³-hybridized carbons (Fsp3) is 0.562. The van der Waals surface area contributed by atoms with Crippen molar-refractivity contribution in [1.82, 2.24) is 5.32 Å². The van der Waals surface area contributed by atoms with Crippen LogP contribution in [0.4, 0.5) is 16.2 Å². The molecule has 0 aromatic heterocycles. The van der Waals surface area contributed by atoms with E-state index in [1.807, 2.05) is 43.3 Å². The minimum absolute atomic E-state index is 0.105. The van der Waals surface area contributed by atoms with Crippen LogP contribution in [0.5, 0.6) is 0 Å². The average Bonchev–Trinajstić information content (AvgIpc) is 2.46. The van der Waals surface area contributed by atoms with Gasteiger partial charge in [0.25, 0.3) is 0 Å². The molecule has 0 unspecified atom stereocenters. The van der Waals surface area contributed by atoms with Gasteiger partial charge in [0, 0.05) is 32.0 Å². The number of amides is 2. The van der Waals surface area contributed by atoms with Gasteiger partial charge in [0.1, 0.15) is 0 Å². The van der Waals surface area contributed by atoms with Gasteiger partial charge < -0.3 is 15.5 Å². The van der Waals surface area contributed by atoms with E-state index in [1.54, 1.807) is 0 Å². The lowest BCUT2D eigenvalue weighted by Crippen LogP contribution is -2.33. The standard InChI is InChI=1S/C16H25N3O/c1-19(2)15-10-6-9-14(11-15)18-16(20)17-12-13-7-4-3-5-8-13/h6,9-11,13H,3-5,7-8,12H2,1-2H3,(H2,17,18,20). The van der Waals surface area contributed by atoms with Gasteiger partial charge in [-0.3, -0.25) is 0 Å². The molecule has 4 nitrogen and oxygen atoms in total. The first-order valence-electron chi connectivity index (χ1n) is 7.47. The average molecular weight is 275 g/mol. The molecule has 2 N–H and O–H groups in total. The Balaban J connectivity index is 1.80. The minimum Gasteiger partial charge on any atom is -0.378 e. The first kappa shape index (κ1) is 14.7. The molecule has 0 radical (unpaired) electrons. The quantitative estimate of drug-likeness (QED) is 0.884. The molecule has 1 aliphatic rings. The molecule has 1 aliphatic carbocycles. The molecule has 1 aromatic rings. The molecule has 0 aliphatic heterocycles. The van der Waals surface area contributed by atoms with Crippen molar-refractivity contribution < 1.29 is 4.79 Å². The summed E-state index contributed by atoms with van der Waals surface area (Å²) < 4.78 is 0. The van der Waals surface area contributed by atoms with Crippen LogP contribution in [0.3, 0.4) is 0 Å². The SMILES string of the molecule is CN(C)c1cccc(NC(=O)NCC2CCCCC2)c1. The van der Waals surface area contributed by atoms with Crippen LogP contribution in [0.1, 0.15) is 32.1 Å². The summed E-state index contributed by atoms with van der Waals surface area (Å²) in [5, 5.41) is 5.89. The lowest BCUT2D eigenvalue weighted by molar-refractivity contribution is 0.247. The second-order valence-corrected chi connectivity index (χ2v) is 5.78. The van der Waals surface area contributed by atoms with E-state index in [0.29, 0.717) is 5.92 Å². The van der Waals surface area contributed by atoms with Crippen molar-refractivity contribution in [1.29, 1.82) is 0 Å². The van der Waals surface area contributed by atoms with Crippen LogP contribution in [0, 0.1) is 5.92 Å². The second kappa shape index (κ2) is 7.17. The van der Waals surface area contributed by atoms with Gasteiger partial charge in [0.15, 0.2) is 0 Å². The Bertz CT molecular complexity index is 439. The summed E-state index contributed by atoms with van der Waals surface area (Å²) in [6, 6.07) is 7.75. The van der Waals surface area contributed by atoms with Crippen LogP contribution in [-0.2, 0) is 0 Å². The van der Waals surface area contributed by atoms with E-state index in [2.05, 4.69) is 10.6 Å². The molecule has 0 heterocycles. The Labute approximate surface area is 121 Å². The predicted octanol–water partition coefficient (Wildman–Crippen LogP) is 3.45. The summed E-state index contributed by atoms with van der Waals surface area (Å²) in [7, 11) is 3.98. The van der Waals surface area contributed by atoms with Crippen LogP contribution in [0.25, 0.3) is 0 Å². The highest BCUT2D eigenvalue weighted by Crippen LogP contribution is 2.22. The fourth-order valence-corrected chi connectivity index (χ4v) is 2.67. The van der Waals surface area contributed by atoms with Crippen LogP contribution >= 0.6 is 0 Å². The zero-order valence-corrected chi connectivity index (χ0v) is 12.5. The summed E-state index contributed by atoms with van der Waals surface area (Å²) in [4.78, 5) is 13.9. The maximum absolute atomic E-state index is 11.9. The van der Waals surface area contributed by atoms with E-state index in [1.165, 1.54) is 32.1 Å². The monoisotopic (exact) mass is 275 g/mol. The largest absolute Gasteiger partial charge is 0.378 e. The molecule has 0 spiro atoms. The number of rotatable bonds is 4. The van der Waals surface area contributed by atoms with E-state index in [-0.39, 0.29) is 6.03 Å². The molecule has 4 heteroatoms. The molecule has 0 bridgehead atoms. The number of urea groups is 1. The van der Waals surface area contributed by atoms with E-state index < -0.39 is 0 Å². The number of nitrogens with one attached hydrogen (secondary N) is 2. The molecular formula is C16H25N3O. The molecule has 1 fully saturated rings. The number of nitrogens with zero attached hydrogens (tertiary/aromatic N) is 1. The van der Waals surface area contributed by atoms with Crippen molar-refractivity contribution in [3.8, 4) is 0 Å². The third kappa shape index (κ3) is 4.44. The maximum atomic E-state index is 11.9. The minimum atomic E-state index is -0.105. The van der Waals surface area contributed by atoms with Gasteiger partial charge in [-0.05, 0) is 37.0 Å². The third-order valence-electron chi connectivity index (χ3n) is 3.90. The molecule has 1 saturated carbocycles. The maximum Gasteiger partial charge on any atom is 0.319 e. The first-order valence-corrected chi connectivity index (χ1v) is 7.47. The summed E-state index contributed by atoms with van der Waals surface area (Å²) in [6.07, 6.45) is 6.45. The summed E-state index contributed by atoms with van der Waals surface area (Å²) in [6.45, 7) is 0.791. The zero-order valence-electron chi connectivity index (χ0n) is 12.5. The first-order chi connectivity index (χ1) is 9.65. The van der Waals surface area contributed by atoms with Crippen LogP contribution in [0.2, 0.25) is 0 Å². The van der Waals surface area contributed by atoms with Crippen LogP contribution < -0.4 is 15.5 Å². The van der Waals surface area contributed by atoms with Crippen molar-refractivity contribution >= 4 is 17.4 Å². The highest BCUT2D eigenvalue weighted by Gasteiger charge is 2.14. The molecule has 110 valence electrons. The topological polar surface area (TPSA) is 44.4 Å². The van der Waals surface area contributed by atoms with Crippen molar-refractivity contribution in [2.75, 3.05) is 30.9 Å². The number of hydrogen-bond acceptors (Lipinski definition) is 2. The second-order valence-electron chi connectivity index (χ2n) is 5.78. The number of carbonyl (C=O) groups is 1. The van der Waals surface area contributed by atoms with Crippen molar-refractivity contribution in [3.63, 3.8) is 0 Å². The number of carbonyl (C=O) groups excluding carboxylic acids is 1. The Kier molecular flexibility index (Phi) is 5.27. The van der Waals surface area contributed by atoms with Gasteiger partial charge in [-0.2, -0.15) is 0 Å². The van der Waals surface area contributed by atoms with E-state index >= 15 is 0 Å². The van der Waals surface area contributed by atoms with Gasteiger partial charge >= 0.3 is 6.03 Å². The van der Waals surface area contributed by atoms with Crippen LogP contribution in [0.15, 0.2) is 24.3 Å². The zero-order chi connectivity index (χ0) is 14.4. The van der Waals surface area contributed by atoms with Gasteiger partial charge in [0.2, 0.25) is 0 Å². The van der Waals surface area contributed by atoms with Gasteiger partial charge in [0.05, 0.1) is 0 Å². The summed E-state index contributed by atoms with van der Waals surface area (Å²) in [5.41, 5.74) is 1.91. The molecule has 2 rings (SSSR count). The summed E-state index contributed by atoms with van der Waals surface area (Å²) >= 11 is 0. The van der Waals surface area contributed by atoms with E-state index in [0.717, 1.165) is 17.9 Å². The Morgan fingerprint density at radius 2 is 2.00 bits per heavy atom. The molecule has 0 atom stereocenters. The molecular weight excluding hydrogens is 250 g/mol. The Morgan fingerprint density at radius 3 is 2.70 bits per heavy atom. The van der Waals surface area contributed by atoms with E-state index in [9.17, 15) is 4.79 Å². The number of hydrogen-bond donors (Lipinski definition) is 2.